The minimum atomic E-state index is -4.44. The number of nitrogens with zero attached hydrogens (tertiary/aromatic N) is 1. The molecule has 66 heavy (non-hydrogen) atoms. The van der Waals surface area contributed by atoms with E-state index >= 15 is 0 Å². The van der Waals surface area contributed by atoms with Gasteiger partial charge in [0, 0.05) is 12.8 Å². The summed E-state index contributed by atoms with van der Waals surface area (Å²) in [5, 5.41) is 3.04. The van der Waals surface area contributed by atoms with Crippen molar-refractivity contribution >= 4 is 19.7 Å². The molecule has 0 aromatic heterocycles. The van der Waals surface area contributed by atoms with Crippen LogP contribution in [0.1, 0.15) is 258 Å². The molecule has 0 rings (SSSR count). The highest BCUT2D eigenvalue weighted by Gasteiger charge is 2.30. The van der Waals surface area contributed by atoms with Gasteiger partial charge in [-0.15, -0.1) is 0 Å². The van der Waals surface area contributed by atoms with Gasteiger partial charge in [-0.25, -0.2) is 4.57 Å². The highest BCUT2D eigenvalue weighted by Crippen LogP contribution is 2.43. The van der Waals surface area contributed by atoms with Gasteiger partial charge in [-0.2, -0.15) is 0 Å². The zero-order chi connectivity index (χ0) is 48.7. The van der Waals surface area contributed by atoms with Gasteiger partial charge in [0.05, 0.1) is 33.8 Å². The molecule has 2 N–H and O–H groups in total. The van der Waals surface area contributed by atoms with Gasteiger partial charge in [0.1, 0.15) is 19.3 Å². The van der Waals surface area contributed by atoms with Crippen molar-refractivity contribution in [1.82, 2.24) is 5.32 Å². The van der Waals surface area contributed by atoms with Crippen LogP contribution in [0.5, 0.6) is 0 Å². The fourth-order valence-electron chi connectivity index (χ4n) is 8.04. The number of hydrogen-bond acceptors (Lipinski definition) is 6. The topological polar surface area (TPSA) is 111 Å². The molecule has 0 saturated carbocycles. The van der Waals surface area contributed by atoms with E-state index in [1.807, 2.05) is 33.3 Å². The van der Waals surface area contributed by atoms with Crippen molar-refractivity contribution in [1.29, 1.82) is 0 Å². The molecule has 0 fully saturated rings. The lowest BCUT2D eigenvalue weighted by atomic mass is 10.0. The van der Waals surface area contributed by atoms with Crippen LogP contribution >= 0.6 is 7.82 Å². The Morgan fingerprint density at radius 1 is 0.545 bits per heavy atom. The van der Waals surface area contributed by atoms with E-state index in [9.17, 15) is 19.0 Å². The van der Waals surface area contributed by atoms with E-state index < -0.39 is 20.0 Å². The lowest BCUT2D eigenvalue weighted by Crippen LogP contribution is -2.47. The van der Waals surface area contributed by atoms with Crippen LogP contribution in [0.15, 0.2) is 36.5 Å². The zero-order valence-corrected chi connectivity index (χ0v) is 45.1. The minimum absolute atomic E-state index is 0.0408. The second-order valence-corrected chi connectivity index (χ2v) is 21.5. The standard InChI is InChI=1S/C56H107N2O7P/c1-7-10-13-16-19-22-25-27-29-30-33-36-39-42-45-48-55(59)57-53(52-64-66(61,62)63-51-50-58(4,5)6)54(47-44-41-38-35-32-24-21-18-15-12-9-3)65-56(60)49-46-43-40-37-34-31-28-26-23-20-17-14-11-8-2/h11,14,20,23,44,47,53-54H,7-10,12-13,15-19,21-22,24-43,45-46,48-52H2,1-6H3,(H-,57,59,61,62)/p+1/b14-11+,23-20+,47-44+. The number of amides is 1. The summed E-state index contributed by atoms with van der Waals surface area (Å²) >= 11 is 0. The molecule has 0 aliphatic rings. The summed E-state index contributed by atoms with van der Waals surface area (Å²) < 4.78 is 30.6. The molecular weight excluding hydrogens is 844 g/mol. The van der Waals surface area contributed by atoms with Crippen LogP contribution in [-0.4, -0.2) is 74.3 Å². The average Bonchev–Trinajstić information content (AvgIpc) is 3.27. The molecule has 0 aromatic rings. The summed E-state index contributed by atoms with van der Waals surface area (Å²) in [6.07, 6.45) is 54.2. The molecule has 0 spiro atoms. The number of unbranched alkanes of at least 4 members (excludes halogenated alkanes) is 30. The number of quaternary nitrogens is 1. The van der Waals surface area contributed by atoms with E-state index in [1.165, 1.54) is 141 Å². The zero-order valence-electron chi connectivity index (χ0n) is 44.2. The SMILES string of the molecule is CC/C=C/C/C=C/CCCCCCCCCC(=O)OC(/C=C/CCCCCCCCCCC)C(COP(=O)(O)OCC[N+](C)(C)C)NC(=O)CCCCCCCCCCCCCCCCC. The molecule has 0 aliphatic heterocycles. The van der Waals surface area contributed by atoms with Crippen LogP contribution in [0.4, 0.5) is 0 Å². The highest BCUT2D eigenvalue weighted by atomic mass is 31.2. The molecule has 3 atom stereocenters. The van der Waals surface area contributed by atoms with Gasteiger partial charge in [-0.1, -0.05) is 225 Å². The molecule has 0 heterocycles. The Labute approximate surface area is 408 Å². The molecular formula is C56H108N2O7P+. The van der Waals surface area contributed by atoms with Gasteiger partial charge in [0.25, 0.3) is 0 Å². The second-order valence-electron chi connectivity index (χ2n) is 20.1. The van der Waals surface area contributed by atoms with Crippen molar-refractivity contribution in [2.75, 3.05) is 40.9 Å². The van der Waals surface area contributed by atoms with E-state index in [2.05, 4.69) is 50.4 Å². The Morgan fingerprint density at radius 2 is 0.970 bits per heavy atom. The van der Waals surface area contributed by atoms with E-state index in [1.54, 1.807) is 0 Å². The summed E-state index contributed by atoms with van der Waals surface area (Å²) in [4.78, 5) is 37.5. The van der Waals surface area contributed by atoms with Gasteiger partial charge < -0.3 is 19.4 Å². The van der Waals surface area contributed by atoms with Crippen LogP contribution in [0, 0.1) is 0 Å². The molecule has 1 amide bonds. The first kappa shape index (κ1) is 64.2. The maximum atomic E-state index is 13.5. The van der Waals surface area contributed by atoms with Gasteiger partial charge in [0.2, 0.25) is 5.91 Å². The molecule has 0 bridgehead atoms. The van der Waals surface area contributed by atoms with Crippen molar-refractivity contribution in [3.05, 3.63) is 36.5 Å². The van der Waals surface area contributed by atoms with E-state index in [-0.39, 0.29) is 31.5 Å². The molecule has 0 aromatic carbocycles. The minimum Gasteiger partial charge on any atom is -0.456 e. The number of carbonyl (C=O) groups excluding carboxylic acids is 2. The summed E-state index contributed by atoms with van der Waals surface area (Å²) in [5.41, 5.74) is 0. The maximum absolute atomic E-state index is 13.5. The van der Waals surface area contributed by atoms with Crippen molar-refractivity contribution in [2.24, 2.45) is 0 Å². The van der Waals surface area contributed by atoms with Crippen LogP contribution in [0.2, 0.25) is 0 Å². The first-order valence-corrected chi connectivity index (χ1v) is 29.3. The van der Waals surface area contributed by atoms with E-state index in [0.717, 1.165) is 83.5 Å². The second kappa shape index (κ2) is 46.9. The summed E-state index contributed by atoms with van der Waals surface area (Å²) in [6.45, 7) is 6.91. The predicted molar refractivity (Wildman–Crippen MR) is 282 cm³/mol. The smallest absolute Gasteiger partial charge is 0.456 e. The Morgan fingerprint density at radius 3 is 1.44 bits per heavy atom. The lowest BCUT2D eigenvalue weighted by molar-refractivity contribution is -0.870. The molecule has 388 valence electrons. The quantitative estimate of drug-likeness (QED) is 0.0205. The van der Waals surface area contributed by atoms with Gasteiger partial charge in [-0.05, 0) is 57.4 Å². The monoisotopic (exact) mass is 952 g/mol. The van der Waals surface area contributed by atoms with Crippen molar-refractivity contribution in [3.8, 4) is 0 Å². The van der Waals surface area contributed by atoms with Gasteiger partial charge in [-0.3, -0.25) is 18.6 Å². The number of esters is 1. The number of phosphoric acid groups is 1. The third kappa shape index (κ3) is 47.3. The molecule has 0 aliphatic carbocycles. The summed E-state index contributed by atoms with van der Waals surface area (Å²) in [7, 11) is 1.50. The van der Waals surface area contributed by atoms with Crippen molar-refractivity contribution in [3.63, 3.8) is 0 Å². The Hall–Kier alpha value is -1.77. The number of nitrogens with one attached hydrogen (secondary N) is 1. The number of carbonyl (C=O) groups is 2. The van der Waals surface area contributed by atoms with Crippen LogP contribution < -0.4 is 5.32 Å². The molecule has 10 heteroatoms. The van der Waals surface area contributed by atoms with Crippen LogP contribution in [0.3, 0.4) is 0 Å². The number of rotatable bonds is 50. The third-order valence-electron chi connectivity index (χ3n) is 12.3. The first-order valence-electron chi connectivity index (χ1n) is 27.8. The lowest BCUT2D eigenvalue weighted by Gasteiger charge is -2.27. The van der Waals surface area contributed by atoms with E-state index in [0.29, 0.717) is 17.4 Å². The largest absolute Gasteiger partial charge is 0.472 e. The average molecular weight is 952 g/mol. The molecule has 0 saturated heterocycles. The number of likely N-dealkylation sites (N-methyl/N-ethyl adjacent to an activating group) is 1. The number of allylic oxidation sites excluding steroid dienone is 5. The van der Waals surface area contributed by atoms with Crippen LogP contribution in [-0.2, 0) is 27.9 Å². The number of hydrogen-bond donors (Lipinski definition) is 2. The number of ether oxygens (including phenoxy) is 1. The van der Waals surface area contributed by atoms with Gasteiger partial charge in [0.15, 0.2) is 0 Å². The van der Waals surface area contributed by atoms with Crippen molar-refractivity contribution in [2.45, 2.75) is 270 Å². The predicted octanol–water partition coefficient (Wildman–Crippen LogP) is 16.4. The normalized spacial score (nSPS) is 14.1. The Balaban J connectivity index is 5.34. The molecule has 0 radical (unpaired) electrons. The molecule has 3 unspecified atom stereocenters. The third-order valence-corrected chi connectivity index (χ3v) is 13.3. The maximum Gasteiger partial charge on any atom is 0.472 e. The van der Waals surface area contributed by atoms with Crippen molar-refractivity contribution < 1.29 is 37.3 Å². The first-order chi connectivity index (χ1) is 31.9. The highest BCUT2D eigenvalue weighted by molar-refractivity contribution is 7.47. The summed E-state index contributed by atoms with van der Waals surface area (Å²) in [5.74, 6) is -0.508. The number of phosphoric ester groups is 1. The summed E-state index contributed by atoms with van der Waals surface area (Å²) in [6, 6.07) is -0.845. The molecule has 9 nitrogen and oxygen atoms in total. The Kier molecular flexibility index (Phi) is 45.7. The van der Waals surface area contributed by atoms with Crippen LogP contribution in [0.25, 0.3) is 0 Å². The van der Waals surface area contributed by atoms with E-state index in [4.69, 9.17) is 13.8 Å². The fraction of sp³-hybridized carbons (Fsp3) is 0.857. The Bertz CT molecular complexity index is 1230. The van der Waals surface area contributed by atoms with Gasteiger partial charge >= 0.3 is 13.8 Å². The fourth-order valence-corrected chi connectivity index (χ4v) is 8.77.